The number of halogens is 1. The van der Waals surface area contributed by atoms with Gasteiger partial charge < -0.3 is 14.2 Å². The molecule has 34 heavy (non-hydrogen) atoms. The molecule has 0 aliphatic carbocycles. The van der Waals surface area contributed by atoms with Crippen molar-refractivity contribution < 1.29 is 23.9 Å². The van der Waals surface area contributed by atoms with Gasteiger partial charge in [-0.05, 0) is 18.2 Å². The number of morpholine rings is 1. The van der Waals surface area contributed by atoms with Crippen LogP contribution in [0.3, 0.4) is 0 Å². The Morgan fingerprint density at radius 1 is 1.24 bits per heavy atom. The molecule has 0 radical (unpaired) electrons. The molecule has 1 aromatic heterocycles. The number of fused-ring (bicyclic) bond motifs is 1. The molecule has 3 aromatic rings. The van der Waals surface area contributed by atoms with Crippen molar-refractivity contribution in [2.45, 2.75) is 0 Å². The van der Waals surface area contributed by atoms with Gasteiger partial charge in [0.2, 0.25) is 0 Å². The summed E-state index contributed by atoms with van der Waals surface area (Å²) in [7, 11) is 2.80. The first-order valence-electron chi connectivity index (χ1n) is 10.5. The lowest BCUT2D eigenvalue weighted by Crippen LogP contribution is -2.43. The fraction of sp³-hybridized carbons (Fsp3) is 0.364. The lowest BCUT2D eigenvalue weighted by atomic mass is 10.1. The van der Waals surface area contributed by atoms with Crippen molar-refractivity contribution >= 4 is 54.2 Å². The Morgan fingerprint density at radius 3 is 2.62 bits per heavy atom. The van der Waals surface area contributed by atoms with Crippen LogP contribution in [0.4, 0.5) is 10.8 Å². The SMILES string of the molecule is COc1cc(C(=O)N(CCN2CCOCC2)c2nc3ccc(Br)cc3s2)c([N+](=O)[O-])cc1OC. The molecule has 2 heterocycles. The highest BCUT2D eigenvalue weighted by atomic mass is 79.9. The van der Waals surface area contributed by atoms with E-state index in [-0.39, 0.29) is 22.7 Å². The molecule has 1 fully saturated rings. The van der Waals surface area contributed by atoms with Crippen LogP contribution < -0.4 is 14.4 Å². The maximum Gasteiger partial charge on any atom is 0.286 e. The van der Waals surface area contributed by atoms with Crippen molar-refractivity contribution in [3.8, 4) is 11.5 Å². The summed E-state index contributed by atoms with van der Waals surface area (Å²) in [6, 6.07) is 8.24. The summed E-state index contributed by atoms with van der Waals surface area (Å²) in [5.74, 6) is -0.118. The van der Waals surface area contributed by atoms with Gasteiger partial charge in [-0.3, -0.25) is 24.7 Å². The molecule has 2 aromatic carbocycles. The summed E-state index contributed by atoms with van der Waals surface area (Å²) >= 11 is 4.82. The normalized spacial score (nSPS) is 14.2. The Morgan fingerprint density at radius 2 is 1.94 bits per heavy atom. The largest absolute Gasteiger partial charge is 0.493 e. The van der Waals surface area contributed by atoms with Crippen LogP contribution in [0.1, 0.15) is 10.4 Å². The molecule has 1 amide bonds. The number of carbonyl (C=O) groups excluding carboxylic acids is 1. The number of aromatic nitrogens is 1. The first kappa shape index (κ1) is 24.3. The maximum absolute atomic E-state index is 13.8. The number of benzene rings is 2. The molecule has 0 bridgehead atoms. The molecule has 1 aliphatic rings. The molecule has 0 N–H and O–H groups in total. The number of ether oxygens (including phenoxy) is 3. The Hall–Kier alpha value is -2.80. The van der Waals surface area contributed by atoms with E-state index in [4.69, 9.17) is 14.2 Å². The molecule has 12 heteroatoms. The summed E-state index contributed by atoms with van der Waals surface area (Å²) < 4.78 is 17.7. The van der Waals surface area contributed by atoms with Crippen molar-refractivity contribution in [3.05, 3.63) is 50.5 Å². The van der Waals surface area contributed by atoms with Crippen molar-refractivity contribution in [2.75, 3.05) is 58.5 Å². The second kappa shape index (κ2) is 10.6. The molecule has 0 atom stereocenters. The molecule has 0 saturated carbocycles. The summed E-state index contributed by atoms with van der Waals surface area (Å²) in [4.78, 5) is 33.4. The Bertz CT molecular complexity index is 1210. The highest BCUT2D eigenvalue weighted by Crippen LogP contribution is 2.37. The van der Waals surface area contributed by atoms with E-state index >= 15 is 0 Å². The Kier molecular flexibility index (Phi) is 7.61. The molecule has 0 unspecified atom stereocenters. The van der Waals surface area contributed by atoms with E-state index in [9.17, 15) is 14.9 Å². The van der Waals surface area contributed by atoms with Crippen LogP contribution >= 0.6 is 27.3 Å². The van der Waals surface area contributed by atoms with Crippen molar-refractivity contribution in [3.63, 3.8) is 0 Å². The third-order valence-corrected chi connectivity index (χ3v) is 7.02. The fourth-order valence-corrected chi connectivity index (χ4v) is 5.23. The quantitative estimate of drug-likeness (QED) is 0.306. The van der Waals surface area contributed by atoms with Crippen LogP contribution in [-0.2, 0) is 4.74 Å². The van der Waals surface area contributed by atoms with E-state index in [1.807, 2.05) is 18.2 Å². The molecule has 4 rings (SSSR count). The predicted octanol–water partition coefficient (Wildman–Crippen LogP) is 3.96. The van der Waals surface area contributed by atoms with Crippen molar-refractivity contribution in [2.24, 2.45) is 0 Å². The monoisotopic (exact) mass is 550 g/mol. The summed E-state index contributed by atoms with van der Waals surface area (Å²) in [5, 5.41) is 12.3. The van der Waals surface area contributed by atoms with Crippen LogP contribution in [0.15, 0.2) is 34.8 Å². The van der Waals surface area contributed by atoms with Gasteiger partial charge in [-0.25, -0.2) is 4.98 Å². The summed E-state index contributed by atoms with van der Waals surface area (Å²) in [5.41, 5.74) is 0.294. The molecular weight excluding hydrogens is 528 g/mol. The van der Waals surface area contributed by atoms with Gasteiger partial charge in [0.15, 0.2) is 16.6 Å². The van der Waals surface area contributed by atoms with E-state index in [2.05, 4.69) is 25.8 Å². The summed E-state index contributed by atoms with van der Waals surface area (Å²) in [6.07, 6.45) is 0. The van der Waals surface area contributed by atoms with E-state index in [0.717, 1.165) is 27.8 Å². The maximum atomic E-state index is 13.8. The number of amides is 1. The zero-order valence-corrected chi connectivity index (χ0v) is 21.1. The van der Waals surface area contributed by atoms with Gasteiger partial charge in [-0.1, -0.05) is 27.3 Å². The predicted molar refractivity (Wildman–Crippen MR) is 132 cm³/mol. The van der Waals surface area contributed by atoms with Crippen LogP contribution in [-0.4, -0.2) is 74.3 Å². The zero-order valence-electron chi connectivity index (χ0n) is 18.7. The number of nitro benzene ring substituents is 1. The molecule has 180 valence electrons. The number of nitro groups is 1. The van der Waals surface area contributed by atoms with Gasteiger partial charge in [-0.15, -0.1) is 0 Å². The molecule has 1 saturated heterocycles. The van der Waals surface area contributed by atoms with Crippen molar-refractivity contribution in [1.82, 2.24) is 9.88 Å². The lowest BCUT2D eigenvalue weighted by molar-refractivity contribution is -0.385. The van der Waals surface area contributed by atoms with Gasteiger partial charge in [0.1, 0.15) is 5.56 Å². The van der Waals surface area contributed by atoms with E-state index in [1.54, 1.807) is 0 Å². The second-order valence-electron chi connectivity index (χ2n) is 7.50. The number of thiazole rings is 1. The molecular formula is C22H23BrN4O6S. The first-order valence-corrected chi connectivity index (χ1v) is 12.1. The fourth-order valence-electron chi connectivity index (χ4n) is 3.69. The molecule has 0 spiro atoms. The van der Waals surface area contributed by atoms with Crippen molar-refractivity contribution in [1.29, 1.82) is 0 Å². The topological polar surface area (TPSA) is 107 Å². The number of rotatable bonds is 8. The highest BCUT2D eigenvalue weighted by Gasteiger charge is 2.30. The third kappa shape index (κ3) is 5.14. The van der Waals surface area contributed by atoms with Gasteiger partial charge in [0.05, 0.1) is 48.6 Å². The lowest BCUT2D eigenvalue weighted by Gasteiger charge is -2.29. The second-order valence-corrected chi connectivity index (χ2v) is 9.43. The first-order chi connectivity index (χ1) is 16.4. The average molecular weight is 551 g/mol. The van der Waals surface area contributed by atoms with E-state index in [0.29, 0.717) is 31.4 Å². The molecule has 1 aliphatic heterocycles. The van der Waals surface area contributed by atoms with Gasteiger partial charge >= 0.3 is 0 Å². The Balaban J connectivity index is 1.75. The van der Waals surface area contributed by atoms with Crippen LogP contribution in [0.2, 0.25) is 0 Å². The molecule has 10 nitrogen and oxygen atoms in total. The number of methoxy groups -OCH3 is 2. The summed E-state index contributed by atoms with van der Waals surface area (Å²) in [6.45, 7) is 3.66. The zero-order chi connectivity index (χ0) is 24.2. The third-order valence-electron chi connectivity index (χ3n) is 5.49. The van der Waals surface area contributed by atoms with Crippen LogP contribution in [0, 0.1) is 10.1 Å². The van der Waals surface area contributed by atoms with Gasteiger partial charge in [0.25, 0.3) is 11.6 Å². The van der Waals surface area contributed by atoms with Crippen LogP contribution in [0.5, 0.6) is 11.5 Å². The smallest absolute Gasteiger partial charge is 0.286 e. The standard InChI is InChI=1S/C22H23BrN4O6S/c1-31-18-12-15(17(27(29)30)13-19(18)32-2)21(28)26(6-5-25-7-9-33-10-8-25)22-24-16-4-3-14(23)11-20(16)34-22/h3-4,11-13H,5-10H2,1-2H3. The Labute approximate surface area is 208 Å². The van der Waals surface area contributed by atoms with E-state index in [1.165, 1.54) is 42.6 Å². The minimum Gasteiger partial charge on any atom is -0.493 e. The number of anilines is 1. The van der Waals surface area contributed by atoms with Gasteiger partial charge in [-0.2, -0.15) is 0 Å². The number of carbonyl (C=O) groups is 1. The number of nitrogens with zero attached hydrogens (tertiary/aromatic N) is 4. The minimum atomic E-state index is -0.592. The average Bonchev–Trinajstić information content (AvgIpc) is 3.26. The van der Waals surface area contributed by atoms with Gasteiger partial charge in [0, 0.05) is 36.7 Å². The van der Waals surface area contributed by atoms with Crippen LogP contribution in [0.25, 0.3) is 10.2 Å². The number of hydrogen-bond acceptors (Lipinski definition) is 9. The van der Waals surface area contributed by atoms with E-state index < -0.39 is 10.8 Å². The highest BCUT2D eigenvalue weighted by molar-refractivity contribution is 9.10. The number of hydrogen-bond donors (Lipinski definition) is 0. The minimum absolute atomic E-state index is 0.0925.